The molecule has 1 aliphatic rings. The second kappa shape index (κ2) is 8.69. The SMILES string of the molecule is O=C(c1ccccc1)N1CCN(c2ccc(NCC(O)CO)cc2)CC1. The normalized spacial score (nSPS) is 15.6. The molecule has 1 unspecified atom stereocenters. The fraction of sp³-hybridized carbons (Fsp3) is 0.350. The minimum absolute atomic E-state index is 0.0900. The smallest absolute Gasteiger partial charge is 0.253 e. The molecule has 3 N–H and O–H groups in total. The van der Waals surface area contributed by atoms with E-state index >= 15 is 0 Å². The van der Waals surface area contributed by atoms with Crippen LogP contribution in [0.25, 0.3) is 0 Å². The van der Waals surface area contributed by atoms with Crippen molar-refractivity contribution in [2.24, 2.45) is 0 Å². The van der Waals surface area contributed by atoms with Gasteiger partial charge < -0.3 is 25.3 Å². The molecule has 0 spiro atoms. The van der Waals surface area contributed by atoms with E-state index in [1.165, 1.54) is 0 Å². The number of piperazine rings is 1. The lowest BCUT2D eigenvalue weighted by molar-refractivity contribution is 0.0747. The summed E-state index contributed by atoms with van der Waals surface area (Å²) >= 11 is 0. The standard InChI is InChI=1S/C20H25N3O3/c24-15-19(25)14-21-17-6-8-18(9-7-17)22-10-12-23(13-11-22)20(26)16-4-2-1-3-5-16/h1-9,19,21,24-25H,10-15H2. The number of benzene rings is 2. The maximum Gasteiger partial charge on any atom is 0.253 e. The van der Waals surface area contributed by atoms with Gasteiger partial charge in [0.1, 0.15) is 0 Å². The van der Waals surface area contributed by atoms with Crippen LogP contribution in [0.5, 0.6) is 0 Å². The Morgan fingerprint density at radius 2 is 1.65 bits per heavy atom. The molecule has 0 saturated carbocycles. The quantitative estimate of drug-likeness (QED) is 0.731. The number of amides is 1. The predicted octanol–water partition coefficient (Wildman–Crippen LogP) is 1.41. The van der Waals surface area contributed by atoms with Crippen molar-refractivity contribution >= 4 is 17.3 Å². The fourth-order valence-electron chi connectivity index (χ4n) is 3.02. The molecule has 0 radical (unpaired) electrons. The molecule has 1 fully saturated rings. The summed E-state index contributed by atoms with van der Waals surface area (Å²) in [6, 6.07) is 17.4. The third-order valence-electron chi connectivity index (χ3n) is 4.57. The molecular formula is C20H25N3O3. The Morgan fingerprint density at radius 3 is 2.27 bits per heavy atom. The summed E-state index contributed by atoms with van der Waals surface area (Å²) in [7, 11) is 0. The summed E-state index contributed by atoms with van der Waals surface area (Å²) < 4.78 is 0. The predicted molar refractivity (Wildman–Crippen MR) is 103 cm³/mol. The zero-order valence-electron chi connectivity index (χ0n) is 14.7. The summed E-state index contributed by atoms with van der Waals surface area (Å²) in [5, 5.41) is 21.3. The minimum Gasteiger partial charge on any atom is -0.394 e. The van der Waals surface area contributed by atoms with Gasteiger partial charge in [0.25, 0.3) is 5.91 Å². The number of aliphatic hydroxyl groups is 2. The molecule has 3 rings (SSSR count). The van der Waals surface area contributed by atoms with Crippen LogP contribution in [0.15, 0.2) is 54.6 Å². The first-order valence-electron chi connectivity index (χ1n) is 8.89. The van der Waals surface area contributed by atoms with Gasteiger partial charge in [0.15, 0.2) is 0 Å². The number of aliphatic hydroxyl groups excluding tert-OH is 2. The van der Waals surface area contributed by atoms with E-state index in [0.717, 1.165) is 30.0 Å². The Balaban J connectivity index is 1.52. The van der Waals surface area contributed by atoms with Crippen molar-refractivity contribution in [1.29, 1.82) is 0 Å². The van der Waals surface area contributed by atoms with E-state index in [9.17, 15) is 9.90 Å². The van der Waals surface area contributed by atoms with Crippen LogP contribution in [-0.2, 0) is 0 Å². The molecule has 0 aliphatic carbocycles. The van der Waals surface area contributed by atoms with Crippen LogP contribution in [0.1, 0.15) is 10.4 Å². The van der Waals surface area contributed by atoms with E-state index < -0.39 is 6.10 Å². The van der Waals surface area contributed by atoms with E-state index in [2.05, 4.69) is 10.2 Å². The van der Waals surface area contributed by atoms with Crippen LogP contribution in [-0.4, -0.2) is 66.5 Å². The number of carbonyl (C=O) groups excluding carboxylic acids is 1. The maximum absolute atomic E-state index is 12.5. The monoisotopic (exact) mass is 355 g/mol. The Morgan fingerprint density at radius 1 is 1.00 bits per heavy atom. The topological polar surface area (TPSA) is 76.0 Å². The molecule has 26 heavy (non-hydrogen) atoms. The van der Waals surface area contributed by atoms with Gasteiger partial charge in [-0.3, -0.25) is 4.79 Å². The molecule has 138 valence electrons. The Labute approximate surface area is 153 Å². The highest BCUT2D eigenvalue weighted by Crippen LogP contribution is 2.20. The first-order valence-corrected chi connectivity index (χ1v) is 8.89. The molecule has 6 heteroatoms. The van der Waals surface area contributed by atoms with Gasteiger partial charge in [0.2, 0.25) is 0 Å². The lowest BCUT2D eigenvalue weighted by atomic mass is 10.1. The number of nitrogens with zero attached hydrogens (tertiary/aromatic N) is 2. The largest absolute Gasteiger partial charge is 0.394 e. The number of carbonyl (C=O) groups is 1. The first kappa shape index (κ1) is 18.2. The van der Waals surface area contributed by atoms with E-state index in [4.69, 9.17) is 5.11 Å². The highest BCUT2D eigenvalue weighted by atomic mass is 16.3. The maximum atomic E-state index is 12.5. The van der Waals surface area contributed by atoms with Crippen LogP contribution < -0.4 is 10.2 Å². The second-order valence-corrected chi connectivity index (χ2v) is 6.41. The molecule has 1 saturated heterocycles. The van der Waals surface area contributed by atoms with Crippen molar-refractivity contribution in [2.75, 3.05) is 49.5 Å². The van der Waals surface area contributed by atoms with Gasteiger partial charge in [-0.2, -0.15) is 0 Å². The van der Waals surface area contributed by atoms with Crippen molar-refractivity contribution in [1.82, 2.24) is 4.90 Å². The minimum atomic E-state index is -0.759. The molecule has 2 aromatic rings. The van der Waals surface area contributed by atoms with Crippen molar-refractivity contribution in [3.63, 3.8) is 0 Å². The molecule has 2 aromatic carbocycles. The lowest BCUT2D eigenvalue weighted by Crippen LogP contribution is -2.48. The van der Waals surface area contributed by atoms with Gasteiger partial charge in [0.05, 0.1) is 12.7 Å². The molecule has 1 atom stereocenters. The lowest BCUT2D eigenvalue weighted by Gasteiger charge is -2.36. The van der Waals surface area contributed by atoms with Crippen LogP contribution in [0, 0.1) is 0 Å². The summed E-state index contributed by atoms with van der Waals surface area (Å²) in [4.78, 5) is 16.7. The summed E-state index contributed by atoms with van der Waals surface area (Å²) in [6.45, 7) is 3.07. The van der Waals surface area contributed by atoms with Crippen LogP contribution in [0.4, 0.5) is 11.4 Å². The number of hydrogen-bond acceptors (Lipinski definition) is 5. The van der Waals surface area contributed by atoms with Crippen LogP contribution >= 0.6 is 0 Å². The van der Waals surface area contributed by atoms with Gasteiger partial charge in [-0.15, -0.1) is 0 Å². The number of anilines is 2. The van der Waals surface area contributed by atoms with E-state index in [-0.39, 0.29) is 12.5 Å². The van der Waals surface area contributed by atoms with Crippen molar-refractivity contribution in [2.45, 2.75) is 6.10 Å². The average molecular weight is 355 g/mol. The Hall–Kier alpha value is -2.57. The van der Waals surface area contributed by atoms with Gasteiger partial charge in [-0.05, 0) is 36.4 Å². The molecule has 6 nitrogen and oxygen atoms in total. The molecule has 1 amide bonds. The van der Waals surface area contributed by atoms with Gasteiger partial charge >= 0.3 is 0 Å². The fourth-order valence-corrected chi connectivity index (χ4v) is 3.02. The van der Waals surface area contributed by atoms with Gasteiger partial charge in [0, 0.05) is 49.7 Å². The van der Waals surface area contributed by atoms with Crippen molar-refractivity contribution < 1.29 is 15.0 Å². The van der Waals surface area contributed by atoms with Crippen LogP contribution in [0.2, 0.25) is 0 Å². The zero-order valence-corrected chi connectivity index (χ0v) is 14.7. The number of hydrogen-bond donors (Lipinski definition) is 3. The van der Waals surface area contributed by atoms with Gasteiger partial charge in [-0.25, -0.2) is 0 Å². The third-order valence-corrected chi connectivity index (χ3v) is 4.57. The van der Waals surface area contributed by atoms with Crippen molar-refractivity contribution in [3.8, 4) is 0 Å². The highest BCUT2D eigenvalue weighted by molar-refractivity contribution is 5.94. The van der Waals surface area contributed by atoms with Gasteiger partial charge in [-0.1, -0.05) is 18.2 Å². The van der Waals surface area contributed by atoms with Crippen molar-refractivity contribution in [3.05, 3.63) is 60.2 Å². The second-order valence-electron chi connectivity index (χ2n) is 6.41. The summed E-state index contributed by atoms with van der Waals surface area (Å²) in [6.07, 6.45) is -0.759. The number of rotatable bonds is 6. The average Bonchev–Trinajstić information content (AvgIpc) is 2.72. The molecule has 0 aromatic heterocycles. The highest BCUT2D eigenvalue weighted by Gasteiger charge is 2.22. The third kappa shape index (κ3) is 4.53. The summed E-state index contributed by atoms with van der Waals surface area (Å²) in [5.74, 6) is 0.0900. The Kier molecular flexibility index (Phi) is 6.09. The molecule has 1 aliphatic heterocycles. The molecular weight excluding hydrogens is 330 g/mol. The zero-order chi connectivity index (χ0) is 18.4. The van der Waals surface area contributed by atoms with E-state index in [1.807, 2.05) is 59.5 Å². The Bertz CT molecular complexity index is 698. The molecule has 1 heterocycles. The van der Waals surface area contributed by atoms with E-state index in [1.54, 1.807) is 0 Å². The van der Waals surface area contributed by atoms with Crippen LogP contribution in [0.3, 0.4) is 0 Å². The summed E-state index contributed by atoms with van der Waals surface area (Å²) in [5.41, 5.74) is 2.76. The van der Waals surface area contributed by atoms with E-state index in [0.29, 0.717) is 19.6 Å². The number of nitrogens with one attached hydrogen (secondary N) is 1. The molecule has 0 bridgehead atoms. The first-order chi connectivity index (χ1) is 12.7.